The summed E-state index contributed by atoms with van der Waals surface area (Å²) in [6, 6.07) is 0. The Morgan fingerprint density at radius 1 is 1.27 bits per heavy atom. The highest BCUT2D eigenvalue weighted by Crippen LogP contribution is 2.39. The number of allylic oxidation sites excluding steroid dienone is 4. The van der Waals surface area contributed by atoms with Gasteiger partial charge in [0.15, 0.2) is 0 Å². The first-order valence-corrected chi connectivity index (χ1v) is 4.53. The Morgan fingerprint density at radius 2 is 2.00 bits per heavy atom. The van der Waals surface area contributed by atoms with Gasteiger partial charge in [-0.15, -0.1) is 0 Å². The quantitative estimate of drug-likeness (QED) is 0.493. The molecule has 0 nitrogen and oxygen atoms in total. The van der Waals surface area contributed by atoms with Crippen molar-refractivity contribution < 1.29 is 0 Å². The lowest BCUT2D eigenvalue weighted by Crippen LogP contribution is -1.98. The van der Waals surface area contributed by atoms with Gasteiger partial charge in [0.05, 0.1) is 0 Å². The summed E-state index contributed by atoms with van der Waals surface area (Å²) in [5.74, 6) is 0. The van der Waals surface area contributed by atoms with E-state index < -0.39 is 0 Å². The van der Waals surface area contributed by atoms with Crippen LogP contribution in [0.1, 0.15) is 39.5 Å². The molecule has 11 heavy (non-hydrogen) atoms. The zero-order valence-corrected chi connectivity index (χ0v) is 7.41. The molecule has 0 unspecified atom stereocenters. The summed E-state index contributed by atoms with van der Waals surface area (Å²) in [6.45, 7) is 4.48. The first-order chi connectivity index (χ1) is 5.17. The minimum absolute atomic E-state index is 0.231. The van der Waals surface area contributed by atoms with Crippen molar-refractivity contribution in [1.82, 2.24) is 0 Å². The third-order valence-electron chi connectivity index (χ3n) is 2.52. The van der Waals surface area contributed by atoms with Crippen LogP contribution in [0.4, 0.5) is 0 Å². The molecule has 0 N–H and O–H groups in total. The average Bonchev–Trinajstić information content (AvgIpc) is 2.21. The fourth-order valence-corrected chi connectivity index (χ4v) is 2.09. The highest BCUT2D eigenvalue weighted by atomic mass is 14.3. The minimum Gasteiger partial charge on any atom is -0.0710 e. The number of hydrogen-bond donors (Lipinski definition) is 0. The van der Waals surface area contributed by atoms with Gasteiger partial charge < -0.3 is 0 Å². The summed E-state index contributed by atoms with van der Waals surface area (Å²) >= 11 is 0. The van der Waals surface area contributed by atoms with E-state index in [1.54, 1.807) is 5.57 Å². The second kappa shape index (κ2) is 2.23. The second-order valence-corrected chi connectivity index (χ2v) is 4.20. The van der Waals surface area contributed by atoms with Crippen LogP contribution in [0.15, 0.2) is 17.2 Å². The smallest absolute Gasteiger partial charge is 0.00872 e. The molecule has 59 valence electrons. The Hall–Kier alpha value is -0.520. The molecule has 0 saturated heterocycles. The van der Waals surface area contributed by atoms with Gasteiger partial charge in [0.1, 0.15) is 0 Å². The highest BCUT2D eigenvalue weighted by Gasteiger charge is 2.25. The molecule has 1 saturated carbocycles. The van der Waals surface area contributed by atoms with Crippen LogP contribution in [0.2, 0.25) is 0 Å². The summed E-state index contributed by atoms with van der Waals surface area (Å²) in [5.41, 5.74) is 3.33. The summed E-state index contributed by atoms with van der Waals surface area (Å²) in [4.78, 5) is 0. The Balaban J connectivity index is 2.31. The largest absolute Gasteiger partial charge is 0.0710 e. The third kappa shape index (κ3) is 1.26. The molecule has 0 bridgehead atoms. The Labute approximate surface area is 69.0 Å². The molecule has 0 aliphatic heterocycles. The van der Waals surface area contributed by atoms with Gasteiger partial charge in [-0.25, -0.2) is 0 Å². The molecule has 0 aromatic rings. The fraction of sp³-hybridized carbons (Fsp3) is 0.636. The first kappa shape index (κ1) is 7.15. The zero-order chi connectivity index (χ0) is 7.90. The van der Waals surface area contributed by atoms with E-state index in [9.17, 15) is 0 Å². The monoisotopic (exact) mass is 147 g/mol. The van der Waals surface area contributed by atoms with Crippen molar-refractivity contribution in [2.45, 2.75) is 39.5 Å². The second-order valence-electron chi connectivity index (χ2n) is 4.20. The lowest BCUT2D eigenvalue weighted by Gasteiger charge is -2.13. The van der Waals surface area contributed by atoms with Crippen LogP contribution in [-0.4, -0.2) is 0 Å². The SMILES string of the molecule is CC1(C)[C]=C2CCCCC2=C1. The van der Waals surface area contributed by atoms with Crippen molar-refractivity contribution in [3.05, 3.63) is 23.3 Å². The van der Waals surface area contributed by atoms with Crippen LogP contribution in [0.5, 0.6) is 0 Å². The summed E-state index contributed by atoms with van der Waals surface area (Å²) in [5, 5.41) is 0. The Morgan fingerprint density at radius 3 is 2.73 bits per heavy atom. The van der Waals surface area contributed by atoms with Gasteiger partial charge >= 0.3 is 0 Å². The molecule has 0 aromatic heterocycles. The van der Waals surface area contributed by atoms with Crippen molar-refractivity contribution in [3.8, 4) is 0 Å². The zero-order valence-electron chi connectivity index (χ0n) is 7.41. The predicted molar refractivity (Wildman–Crippen MR) is 47.1 cm³/mol. The normalized spacial score (nSPS) is 27.5. The summed E-state index contributed by atoms with van der Waals surface area (Å²) in [7, 11) is 0. The van der Waals surface area contributed by atoms with Gasteiger partial charge in [0.2, 0.25) is 0 Å². The maximum Gasteiger partial charge on any atom is 0.00872 e. The van der Waals surface area contributed by atoms with E-state index in [2.05, 4.69) is 26.0 Å². The van der Waals surface area contributed by atoms with E-state index in [-0.39, 0.29) is 5.41 Å². The maximum atomic E-state index is 3.56. The molecular weight excluding hydrogens is 132 g/mol. The third-order valence-corrected chi connectivity index (χ3v) is 2.52. The topological polar surface area (TPSA) is 0 Å². The van der Waals surface area contributed by atoms with E-state index in [1.165, 1.54) is 31.3 Å². The van der Waals surface area contributed by atoms with Gasteiger partial charge in [0.25, 0.3) is 0 Å². The predicted octanol–water partition coefficient (Wildman–Crippen LogP) is 3.26. The van der Waals surface area contributed by atoms with Crippen molar-refractivity contribution in [2.24, 2.45) is 5.41 Å². The summed E-state index contributed by atoms with van der Waals surface area (Å²) < 4.78 is 0. The van der Waals surface area contributed by atoms with Crippen molar-refractivity contribution in [1.29, 1.82) is 0 Å². The Kier molecular flexibility index (Phi) is 1.45. The molecule has 0 heterocycles. The molecule has 2 rings (SSSR count). The van der Waals surface area contributed by atoms with Gasteiger partial charge in [-0.1, -0.05) is 19.9 Å². The van der Waals surface area contributed by atoms with Crippen LogP contribution in [0.3, 0.4) is 0 Å². The van der Waals surface area contributed by atoms with Crippen LogP contribution in [-0.2, 0) is 0 Å². The highest BCUT2D eigenvalue weighted by molar-refractivity contribution is 5.39. The molecule has 0 spiro atoms. The average molecular weight is 147 g/mol. The first-order valence-electron chi connectivity index (χ1n) is 4.53. The fourth-order valence-electron chi connectivity index (χ4n) is 2.09. The molecule has 0 atom stereocenters. The van der Waals surface area contributed by atoms with Gasteiger partial charge in [-0.2, -0.15) is 0 Å². The van der Waals surface area contributed by atoms with Crippen molar-refractivity contribution >= 4 is 0 Å². The lowest BCUT2D eigenvalue weighted by molar-refractivity contribution is 0.611. The van der Waals surface area contributed by atoms with Gasteiger partial charge in [-0.3, -0.25) is 0 Å². The van der Waals surface area contributed by atoms with E-state index in [0.717, 1.165) is 0 Å². The van der Waals surface area contributed by atoms with Gasteiger partial charge in [0, 0.05) is 5.41 Å². The Bertz CT molecular complexity index is 204. The molecule has 1 radical (unpaired) electrons. The molecule has 0 heteroatoms. The van der Waals surface area contributed by atoms with Crippen LogP contribution < -0.4 is 0 Å². The lowest BCUT2D eigenvalue weighted by atomic mass is 9.92. The van der Waals surface area contributed by atoms with E-state index in [1.807, 2.05) is 0 Å². The number of fused-ring (bicyclic) bond motifs is 1. The van der Waals surface area contributed by atoms with E-state index >= 15 is 0 Å². The minimum atomic E-state index is 0.231. The standard InChI is InChI=1S/C11H15/c1-11(2)7-9-5-3-4-6-10(9)8-11/h7H,3-6H2,1-2H3. The maximum absolute atomic E-state index is 3.56. The molecule has 1 fully saturated rings. The van der Waals surface area contributed by atoms with Crippen LogP contribution in [0.25, 0.3) is 0 Å². The van der Waals surface area contributed by atoms with E-state index in [0.29, 0.717) is 0 Å². The van der Waals surface area contributed by atoms with E-state index in [4.69, 9.17) is 0 Å². The summed E-state index contributed by atoms with van der Waals surface area (Å²) in [6.07, 6.45) is 11.3. The van der Waals surface area contributed by atoms with Crippen molar-refractivity contribution in [2.75, 3.05) is 0 Å². The van der Waals surface area contributed by atoms with Crippen molar-refractivity contribution in [3.63, 3.8) is 0 Å². The van der Waals surface area contributed by atoms with Gasteiger partial charge in [-0.05, 0) is 42.9 Å². The molecular formula is C11H15. The van der Waals surface area contributed by atoms with Crippen LogP contribution >= 0.6 is 0 Å². The van der Waals surface area contributed by atoms with Crippen LogP contribution in [0, 0.1) is 11.5 Å². The number of rotatable bonds is 0. The molecule has 0 amide bonds. The molecule has 2 aliphatic carbocycles. The molecule has 0 aromatic carbocycles. The number of hydrogen-bond acceptors (Lipinski definition) is 0. The molecule has 2 aliphatic rings.